The average Bonchev–Trinajstić information content (AvgIpc) is 3.11. The van der Waals surface area contributed by atoms with E-state index in [0.29, 0.717) is 35.2 Å². The van der Waals surface area contributed by atoms with E-state index < -0.39 is 7.60 Å². The predicted octanol–water partition coefficient (Wildman–Crippen LogP) is 2.91. The summed E-state index contributed by atoms with van der Waals surface area (Å²) in [5, 5.41) is 0.566. The second kappa shape index (κ2) is 7.91. The van der Waals surface area contributed by atoms with E-state index >= 15 is 0 Å². The molecule has 10 heteroatoms. The standard InChI is InChI=1S/C15H17ClN3O4P.ClH/c16-10-3-4-12-11(9-10)18-15(19(12)8-2-1-7-17)13-5-6-14(23-13)24(20,21)22;/h3-6,9H,1-2,7-8,17H2,(H2,20,21,22);1H. The molecule has 136 valence electrons. The van der Waals surface area contributed by atoms with Crippen LogP contribution in [0.5, 0.6) is 0 Å². The van der Waals surface area contributed by atoms with Crippen LogP contribution in [-0.4, -0.2) is 25.9 Å². The molecule has 0 aliphatic rings. The lowest BCUT2D eigenvalue weighted by Crippen LogP contribution is -2.04. The van der Waals surface area contributed by atoms with E-state index in [1.165, 1.54) is 12.1 Å². The number of nitrogens with zero attached hydrogens (tertiary/aromatic N) is 2. The van der Waals surface area contributed by atoms with Gasteiger partial charge in [-0.2, -0.15) is 0 Å². The maximum absolute atomic E-state index is 11.3. The van der Waals surface area contributed by atoms with Gasteiger partial charge in [-0.15, -0.1) is 12.4 Å². The zero-order chi connectivity index (χ0) is 17.3. The number of aryl methyl sites for hydroxylation is 1. The molecule has 0 aliphatic heterocycles. The lowest BCUT2D eigenvalue weighted by molar-refractivity contribution is 0.377. The second-order valence-electron chi connectivity index (χ2n) is 5.40. The molecule has 7 nitrogen and oxygen atoms in total. The van der Waals surface area contributed by atoms with Crippen LogP contribution in [0.1, 0.15) is 12.8 Å². The van der Waals surface area contributed by atoms with Gasteiger partial charge in [-0.3, -0.25) is 4.57 Å². The first kappa shape index (κ1) is 20.0. The van der Waals surface area contributed by atoms with Crippen LogP contribution in [0.3, 0.4) is 0 Å². The molecule has 4 N–H and O–H groups in total. The van der Waals surface area contributed by atoms with Crippen LogP contribution in [0.25, 0.3) is 22.6 Å². The van der Waals surface area contributed by atoms with Gasteiger partial charge in [0.25, 0.3) is 0 Å². The molecule has 0 saturated heterocycles. The van der Waals surface area contributed by atoms with Gasteiger partial charge in [-0.05, 0) is 49.7 Å². The minimum atomic E-state index is -4.44. The van der Waals surface area contributed by atoms with Gasteiger partial charge < -0.3 is 24.5 Å². The van der Waals surface area contributed by atoms with Crippen molar-refractivity contribution < 1.29 is 18.8 Å². The zero-order valence-corrected chi connectivity index (χ0v) is 15.6. The highest BCUT2D eigenvalue weighted by Crippen LogP contribution is 2.36. The Labute approximate surface area is 155 Å². The Morgan fingerprint density at radius 2 is 2.00 bits per heavy atom. The summed E-state index contributed by atoms with van der Waals surface area (Å²) in [4.78, 5) is 23.0. The third kappa shape index (κ3) is 4.26. The number of fused-ring (bicyclic) bond motifs is 1. The van der Waals surface area contributed by atoms with Crippen LogP contribution in [0.4, 0.5) is 0 Å². The smallest absolute Gasteiger partial charge is 0.391 e. The van der Waals surface area contributed by atoms with Crippen LogP contribution in [0.2, 0.25) is 5.02 Å². The Bertz CT molecular complexity index is 919. The number of rotatable bonds is 6. The van der Waals surface area contributed by atoms with Gasteiger partial charge in [-0.1, -0.05) is 11.6 Å². The van der Waals surface area contributed by atoms with Crippen molar-refractivity contribution in [3.05, 3.63) is 35.4 Å². The molecule has 0 amide bonds. The molecule has 0 bridgehead atoms. The molecule has 0 radical (unpaired) electrons. The molecular formula is C15H18Cl2N3O4P. The van der Waals surface area contributed by atoms with Gasteiger partial charge in [0.15, 0.2) is 11.6 Å². The van der Waals surface area contributed by atoms with E-state index in [-0.39, 0.29) is 17.9 Å². The number of unbranched alkanes of at least 4 members (excludes halogenated alkanes) is 1. The molecule has 2 aromatic heterocycles. The van der Waals surface area contributed by atoms with Crippen LogP contribution in [0, 0.1) is 0 Å². The molecule has 0 unspecified atom stereocenters. The van der Waals surface area contributed by atoms with E-state index in [9.17, 15) is 14.4 Å². The van der Waals surface area contributed by atoms with Gasteiger partial charge in [0, 0.05) is 11.6 Å². The number of benzene rings is 1. The lowest BCUT2D eigenvalue weighted by atomic mass is 10.3. The van der Waals surface area contributed by atoms with Crippen molar-refractivity contribution in [2.45, 2.75) is 19.4 Å². The van der Waals surface area contributed by atoms with E-state index in [0.717, 1.165) is 18.4 Å². The highest BCUT2D eigenvalue weighted by Gasteiger charge is 2.24. The largest absolute Gasteiger partial charge is 0.445 e. The average molecular weight is 406 g/mol. The van der Waals surface area contributed by atoms with Crippen molar-refractivity contribution in [2.75, 3.05) is 6.54 Å². The molecule has 3 aromatic rings. The number of hydrogen-bond acceptors (Lipinski definition) is 4. The monoisotopic (exact) mass is 405 g/mol. The Morgan fingerprint density at radius 1 is 1.24 bits per heavy atom. The summed E-state index contributed by atoms with van der Waals surface area (Å²) in [6, 6.07) is 8.16. The molecule has 0 spiro atoms. The summed E-state index contributed by atoms with van der Waals surface area (Å²) in [6.07, 6.45) is 1.71. The van der Waals surface area contributed by atoms with Crippen molar-refractivity contribution in [3.63, 3.8) is 0 Å². The fraction of sp³-hybridized carbons (Fsp3) is 0.267. The van der Waals surface area contributed by atoms with Crippen molar-refractivity contribution >= 4 is 48.1 Å². The minimum Gasteiger partial charge on any atom is -0.445 e. The summed E-state index contributed by atoms with van der Waals surface area (Å²) in [7, 11) is -4.44. The van der Waals surface area contributed by atoms with Crippen molar-refractivity contribution in [3.8, 4) is 11.6 Å². The fourth-order valence-electron chi connectivity index (χ4n) is 2.54. The Kier molecular flexibility index (Phi) is 6.32. The van der Waals surface area contributed by atoms with Crippen LogP contribution in [0.15, 0.2) is 34.7 Å². The van der Waals surface area contributed by atoms with E-state index in [1.54, 1.807) is 12.1 Å². The first-order valence-electron chi connectivity index (χ1n) is 7.42. The summed E-state index contributed by atoms with van der Waals surface area (Å²) in [5.74, 6) is 0.803. The van der Waals surface area contributed by atoms with Crippen LogP contribution >= 0.6 is 31.6 Å². The summed E-state index contributed by atoms with van der Waals surface area (Å²) in [5.41, 5.74) is 6.74. The number of furan rings is 1. The molecular weight excluding hydrogens is 388 g/mol. The molecule has 25 heavy (non-hydrogen) atoms. The van der Waals surface area contributed by atoms with Gasteiger partial charge >= 0.3 is 7.60 Å². The summed E-state index contributed by atoms with van der Waals surface area (Å²) < 4.78 is 18.6. The van der Waals surface area contributed by atoms with E-state index in [2.05, 4.69) is 4.98 Å². The number of aromatic nitrogens is 2. The van der Waals surface area contributed by atoms with Gasteiger partial charge in [-0.25, -0.2) is 4.98 Å². The van der Waals surface area contributed by atoms with Crippen molar-refractivity contribution in [1.29, 1.82) is 0 Å². The maximum Gasteiger partial charge on any atom is 0.391 e. The summed E-state index contributed by atoms with van der Waals surface area (Å²) in [6.45, 7) is 1.26. The number of hydrogen-bond donors (Lipinski definition) is 3. The highest BCUT2D eigenvalue weighted by atomic mass is 35.5. The zero-order valence-electron chi connectivity index (χ0n) is 13.1. The van der Waals surface area contributed by atoms with Gasteiger partial charge in [0.1, 0.15) is 0 Å². The van der Waals surface area contributed by atoms with E-state index in [1.807, 2.05) is 10.6 Å². The third-order valence-electron chi connectivity index (χ3n) is 3.65. The van der Waals surface area contributed by atoms with Crippen LogP contribution in [-0.2, 0) is 11.1 Å². The quantitative estimate of drug-likeness (QED) is 0.429. The Hall–Kier alpha value is -1.34. The SMILES string of the molecule is Cl.NCCCCn1c(-c2ccc(P(=O)(O)O)o2)nc2cc(Cl)ccc21. The van der Waals surface area contributed by atoms with Gasteiger partial charge in [0.05, 0.1) is 11.0 Å². The van der Waals surface area contributed by atoms with Crippen molar-refractivity contribution in [2.24, 2.45) is 5.73 Å². The molecule has 0 saturated carbocycles. The third-order valence-corrected chi connectivity index (χ3v) is 4.70. The van der Waals surface area contributed by atoms with Crippen LogP contribution < -0.4 is 11.2 Å². The molecule has 1 aromatic carbocycles. The van der Waals surface area contributed by atoms with E-state index in [4.69, 9.17) is 21.8 Å². The van der Waals surface area contributed by atoms with Gasteiger partial charge in [0.2, 0.25) is 5.50 Å². The Balaban J connectivity index is 0.00000225. The first-order chi connectivity index (χ1) is 11.4. The lowest BCUT2D eigenvalue weighted by Gasteiger charge is -2.07. The maximum atomic E-state index is 11.3. The molecule has 2 heterocycles. The molecule has 0 atom stereocenters. The second-order valence-corrected chi connectivity index (χ2v) is 7.36. The molecule has 0 aliphatic carbocycles. The highest BCUT2D eigenvalue weighted by molar-refractivity contribution is 7.59. The summed E-state index contributed by atoms with van der Waals surface area (Å²) >= 11 is 6.02. The molecule has 3 rings (SSSR count). The number of imidazole rings is 1. The number of nitrogens with two attached hydrogens (primary N) is 1. The minimum absolute atomic E-state index is 0. The topological polar surface area (TPSA) is 115 Å². The fourth-order valence-corrected chi connectivity index (χ4v) is 3.19. The number of halogens is 2. The molecule has 0 fully saturated rings. The first-order valence-corrected chi connectivity index (χ1v) is 9.41. The predicted molar refractivity (Wildman–Crippen MR) is 99.7 cm³/mol. The normalized spacial score (nSPS) is 11.7. The van der Waals surface area contributed by atoms with Crippen molar-refractivity contribution in [1.82, 2.24) is 9.55 Å². The Morgan fingerprint density at radius 3 is 2.64 bits per heavy atom.